The average Bonchev–Trinajstić information content (AvgIpc) is 2.23. The topological polar surface area (TPSA) is 32.3 Å². The van der Waals surface area contributed by atoms with Gasteiger partial charge in [-0.25, -0.2) is 0 Å². The zero-order valence-corrected chi connectivity index (χ0v) is 10.8. The monoisotopic (exact) mass is 259 g/mol. The van der Waals surface area contributed by atoms with Crippen LogP contribution >= 0.6 is 23.2 Å². The van der Waals surface area contributed by atoms with Crippen molar-refractivity contribution in [1.82, 2.24) is 0 Å². The van der Waals surface area contributed by atoms with Gasteiger partial charge in [0.1, 0.15) is 0 Å². The van der Waals surface area contributed by atoms with Crippen molar-refractivity contribution in [2.75, 3.05) is 5.32 Å². The molecule has 1 aromatic carbocycles. The standard InChI is InChI=1S/C12H15Cl2NO/c1-12(2)10(6-11(12)16)15-7-3-4-8(13)9(14)5-7/h3-5,10-11,15-16H,6H2,1-2H3. The maximum Gasteiger partial charge on any atom is 0.0630 e. The Morgan fingerprint density at radius 1 is 1.31 bits per heavy atom. The maximum atomic E-state index is 9.64. The first kappa shape index (κ1) is 12.0. The molecule has 0 saturated heterocycles. The molecule has 2 rings (SSSR count). The molecule has 16 heavy (non-hydrogen) atoms. The molecule has 0 amide bonds. The molecule has 0 aliphatic heterocycles. The second kappa shape index (κ2) is 4.10. The Hall–Kier alpha value is -0.440. The van der Waals surface area contributed by atoms with Crippen LogP contribution < -0.4 is 5.32 Å². The zero-order valence-electron chi connectivity index (χ0n) is 9.30. The molecular formula is C12H15Cl2NO. The number of aliphatic hydroxyl groups excluding tert-OH is 1. The van der Waals surface area contributed by atoms with Crippen LogP contribution in [0.5, 0.6) is 0 Å². The minimum atomic E-state index is -0.229. The lowest BCUT2D eigenvalue weighted by Gasteiger charge is -2.49. The third-order valence-corrected chi connectivity index (χ3v) is 4.22. The highest BCUT2D eigenvalue weighted by Gasteiger charge is 2.47. The van der Waals surface area contributed by atoms with Crippen LogP contribution in [0.4, 0.5) is 5.69 Å². The molecule has 4 heteroatoms. The van der Waals surface area contributed by atoms with Crippen LogP contribution in [0.25, 0.3) is 0 Å². The van der Waals surface area contributed by atoms with Crippen LogP contribution in [-0.4, -0.2) is 17.3 Å². The van der Waals surface area contributed by atoms with E-state index in [0.29, 0.717) is 10.0 Å². The summed E-state index contributed by atoms with van der Waals surface area (Å²) in [5, 5.41) is 14.1. The van der Waals surface area contributed by atoms with Crippen LogP contribution in [0.2, 0.25) is 10.0 Å². The van der Waals surface area contributed by atoms with Crippen molar-refractivity contribution in [2.24, 2.45) is 5.41 Å². The largest absolute Gasteiger partial charge is 0.392 e. The van der Waals surface area contributed by atoms with E-state index in [1.54, 1.807) is 6.07 Å². The Morgan fingerprint density at radius 3 is 2.50 bits per heavy atom. The molecule has 1 fully saturated rings. The van der Waals surface area contributed by atoms with E-state index in [1.165, 1.54) is 0 Å². The molecule has 1 aliphatic carbocycles. The summed E-state index contributed by atoms with van der Waals surface area (Å²) in [6, 6.07) is 5.76. The molecule has 1 aromatic rings. The Kier molecular flexibility index (Phi) is 3.08. The van der Waals surface area contributed by atoms with Crippen LogP contribution in [0.3, 0.4) is 0 Å². The van der Waals surface area contributed by atoms with Crippen molar-refractivity contribution in [3.63, 3.8) is 0 Å². The molecule has 2 unspecified atom stereocenters. The molecule has 1 saturated carbocycles. The number of rotatable bonds is 2. The molecule has 0 spiro atoms. The number of aliphatic hydroxyl groups is 1. The Bertz CT molecular complexity index is 406. The fourth-order valence-electron chi connectivity index (χ4n) is 1.93. The quantitative estimate of drug-likeness (QED) is 0.852. The van der Waals surface area contributed by atoms with Crippen LogP contribution in [-0.2, 0) is 0 Å². The van der Waals surface area contributed by atoms with E-state index in [9.17, 15) is 5.11 Å². The van der Waals surface area contributed by atoms with Crippen molar-refractivity contribution in [3.8, 4) is 0 Å². The van der Waals surface area contributed by atoms with E-state index < -0.39 is 0 Å². The summed E-state index contributed by atoms with van der Waals surface area (Å²) in [6.45, 7) is 4.10. The molecule has 0 aromatic heterocycles. The summed E-state index contributed by atoms with van der Waals surface area (Å²) in [7, 11) is 0. The fourth-order valence-corrected chi connectivity index (χ4v) is 2.23. The minimum Gasteiger partial charge on any atom is -0.392 e. The van der Waals surface area contributed by atoms with E-state index >= 15 is 0 Å². The van der Waals surface area contributed by atoms with Crippen LogP contribution in [0.1, 0.15) is 20.3 Å². The summed E-state index contributed by atoms with van der Waals surface area (Å²) in [4.78, 5) is 0. The Morgan fingerprint density at radius 2 is 2.00 bits per heavy atom. The smallest absolute Gasteiger partial charge is 0.0630 e. The van der Waals surface area contributed by atoms with E-state index in [0.717, 1.165) is 12.1 Å². The van der Waals surface area contributed by atoms with E-state index in [1.807, 2.05) is 12.1 Å². The summed E-state index contributed by atoms with van der Waals surface area (Å²) in [5.41, 5.74) is 0.853. The SMILES string of the molecule is CC1(C)C(O)CC1Nc1ccc(Cl)c(Cl)c1. The summed E-state index contributed by atoms with van der Waals surface area (Å²) in [6.07, 6.45) is 0.542. The highest BCUT2D eigenvalue weighted by molar-refractivity contribution is 6.42. The fraction of sp³-hybridized carbons (Fsp3) is 0.500. The molecular weight excluding hydrogens is 245 g/mol. The van der Waals surface area contributed by atoms with Gasteiger partial charge in [0, 0.05) is 17.1 Å². The van der Waals surface area contributed by atoms with Crippen LogP contribution in [0, 0.1) is 5.41 Å². The highest BCUT2D eigenvalue weighted by atomic mass is 35.5. The molecule has 2 nitrogen and oxygen atoms in total. The Labute approximate surface area is 106 Å². The summed E-state index contributed by atoms with van der Waals surface area (Å²) in [5.74, 6) is 0. The maximum absolute atomic E-state index is 9.64. The van der Waals surface area contributed by atoms with Crippen molar-refractivity contribution < 1.29 is 5.11 Å². The van der Waals surface area contributed by atoms with Gasteiger partial charge in [-0.3, -0.25) is 0 Å². The third kappa shape index (κ3) is 2.02. The first-order valence-electron chi connectivity index (χ1n) is 5.31. The van der Waals surface area contributed by atoms with Gasteiger partial charge in [-0.1, -0.05) is 37.0 Å². The highest BCUT2D eigenvalue weighted by Crippen LogP contribution is 2.42. The van der Waals surface area contributed by atoms with Crippen molar-refractivity contribution in [1.29, 1.82) is 0 Å². The summed E-state index contributed by atoms with van der Waals surface area (Å²) < 4.78 is 0. The molecule has 2 N–H and O–H groups in total. The van der Waals surface area contributed by atoms with Gasteiger partial charge in [0.05, 0.1) is 16.1 Å². The van der Waals surface area contributed by atoms with E-state index in [4.69, 9.17) is 23.2 Å². The average molecular weight is 260 g/mol. The lowest BCUT2D eigenvalue weighted by Crippen LogP contribution is -2.56. The van der Waals surface area contributed by atoms with Gasteiger partial charge < -0.3 is 10.4 Å². The van der Waals surface area contributed by atoms with Gasteiger partial charge in [-0.2, -0.15) is 0 Å². The normalized spacial score (nSPS) is 27.3. The first-order valence-corrected chi connectivity index (χ1v) is 6.06. The van der Waals surface area contributed by atoms with Gasteiger partial charge in [-0.05, 0) is 24.6 Å². The molecule has 88 valence electrons. The van der Waals surface area contributed by atoms with Crippen LogP contribution in [0.15, 0.2) is 18.2 Å². The second-order valence-electron chi connectivity index (χ2n) is 4.90. The van der Waals surface area contributed by atoms with Gasteiger partial charge in [0.25, 0.3) is 0 Å². The first-order chi connectivity index (χ1) is 7.41. The van der Waals surface area contributed by atoms with Gasteiger partial charge in [-0.15, -0.1) is 0 Å². The number of nitrogens with one attached hydrogen (secondary N) is 1. The van der Waals surface area contributed by atoms with E-state index in [2.05, 4.69) is 19.2 Å². The molecule has 0 bridgehead atoms. The predicted molar refractivity (Wildman–Crippen MR) is 68.3 cm³/mol. The molecule has 0 radical (unpaired) electrons. The molecule has 0 heterocycles. The second-order valence-corrected chi connectivity index (χ2v) is 5.71. The third-order valence-electron chi connectivity index (χ3n) is 3.48. The minimum absolute atomic E-state index is 0.0912. The Balaban J connectivity index is 2.08. The summed E-state index contributed by atoms with van der Waals surface area (Å²) >= 11 is 11.8. The van der Waals surface area contributed by atoms with Crippen molar-refractivity contribution in [3.05, 3.63) is 28.2 Å². The number of hydrogen-bond acceptors (Lipinski definition) is 2. The number of halogens is 2. The van der Waals surface area contributed by atoms with Gasteiger partial charge >= 0.3 is 0 Å². The number of anilines is 1. The van der Waals surface area contributed by atoms with Crippen molar-refractivity contribution >= 4 is 28.9 Å². The van der Waals surface area contributed by atoms with E-state index in [-0.39, 0.29) is 17.6 Å². The zero-order chi connectivity index (χ0) is 11.9. The van der Waals surface area contributed by atoms with Gasteiger partial charge in [0.2, 0.25) is 0 Å². The predicted octanol–water partition coefficient (Wildman–Crippen LogP) is 3.56. The molecule has 2 atom stereocenters. The van der Waals surface area contributed by atoms with Crippen molar-refractivity contribution in [2.45, 2.75) is 32.4 Å². The van der Waals surface area contributed by atoms with Gasteiger partial charge in [0.15, 0.2) is 0 Å². The lowest BCUT2D eigenvalue weighted by molar-refractivity contribution is -0.0510. The lowest BCUT2D eigenvalue weighted by atomic mass is 9.64. The number of benzene rings is 1. The number of hydrogen-bond donors (Lipinski definition) is 2. The molecule has 1 aliphatic rings.